The molecule has 74 valence electrons. The lowest BCUT2D eigenvalue weighted by molar-refractivity contribution is 0.317. The lowest BCUT2D eigenvalue weighted by Crippen LogP contribution is -1.97. The quantitative estimate of drug-likeness (QED) is 0.812. The van der Waals surface area contributed by atoms with Crippen molar-refractivity contribution >= 4 is 12.4 Å². The van der Waals surface area contributed by atoms with Crippen molar-refractivity contribution in [3.05, 3.63) is 29.8 Å². The van der Waals surface area contributed by atoms with E-state index in [4.69, 9.17) is 10.5 Å². The molecule has 0 heterocycles. The third-order valence-electron chi connectivity index (χ3n) is 1.63. The highest BCUT2D eigenvalue weighted by Crippen LogP contribution is 2.11. The fourth-order valence-electron chi connectivity index (χ4n) is 0.942. The number of hydrogen-bond donors (Lipinski definition) is 1. The van der Waals surface area contributed by atoms with Crippen molar-refractivity contribution in [3.63, 3.8) is 0 Å². The molecule has 0 saturated carbocycles. The fourth-order valence-corrected chi connectivity index (χ4v) is 0.942. The molecule has 13 heavy (non-hydrogen) atoms. The van der Waals surface area contributed by atoms with Gasteiger partial charge in [-0.05, 0) is 24.1 Å². The molecule has 0 aliphatic carbocycles. The maximum absolute atomic E-state index is 5.46. The van der Waals surface area contributed by atoms with E-state index in [1.807, 2.05) is 24.3 Å². The van der Waals surface area contributed by atoms with Gasteiger partial charge in [0.15, 0.2) is 0 Å². The first-order chi connectivity index (χ1) is 5.86. The second-order valence-corrected chi connectivity index (χ2v) is 2.70. The maximum Gasteiger partial charge on any atom is 0.119 e. The van der Waals surface area contributed by atoms with Crippen LogP contribution >= 0.6 is 12.4 Å². The van der Waals surface area contributed by atoms with Gasteiger partial charge >= 0.3 is 0 Å². The van der Waals surface area contributed by atoms with Crippen molar-refractivity contribution in [2.24, 2.45) is 5.73 Å². The second kappa shape index (κ2) is 6.75. The molecule has 0 fully saturated rings. The molecule has 0 aromatic heterocycles. The standard InChI is InChI=1S/C10H15NO.ClH/c1-2-7-12-10-5-3-9(8-11)4-6-10;/h3-6H,2,7-8,11H2,1H3;1H. The van der Waals surface area contributed by atoms with Gasteiger partial charge in [0.25, 0.3) is 0 Å². The number of halogens is 1. The summed E-state index contributed by atoms with van der Waals surface area (Å²) in [6, 6.07) is 7.89. The summed E-state index contributed by atoms with van der Waals surface area (Å²) >= 11 is 0. The zero-order valence-electron chi connectivity index (χ0n) is 7.82. The summed E-state index contributed by atoms with van der Waals surface area (Å²) in [4.78, 5) is 0. The summed E-state index contributed by atoms with van der Waals surface area (Å²) in [5.74, 6) is 0.925. The SMILES string of the molecule is CCCOc1ccc(CN)cc1.Cl. The highest BCUT2D eigenvalue weighted by atomic mass is 35.5. The summed E-state index contributed by atoms with van der Waals surface area (Å²) in [5, 5.41) is 0. The third kappa shape index (κ3) is 4.15. The number of benzene rings is 1. The predicted molar refractivity (Wildman–Crippen MR) is 57.4 cm³/mol. The van der Waals surface area contributed by atoms with Gasteiger partial charge in [-0.3, -0.25) is 0 Å². The summed E-state index contributed by atoms with van der Waals surface area (Å²) in [6.45, 7) is 3.46. The summed E-state index contributed by atoms with van der Waals surface area (Å²) < 4.78 is 5.41. The molecule has 0 amide bonds. The molecule has 2 N–H and O–H groups in total. The molecule has 0 atom stereocenters. The Morgan fingerprint density at radius 1 is 1.23 bits per heavy atom. The van der Waals surface area contributed by atoms with Crippen molar-refractivity contribution in [2.75, 3.05) is 6.61 Å². The molecule has 0 bridgehead atoms. The molecule has 2 nitrogen and oxygen atoms in total. The van der Waals surface area contributed by atoms with Gasteiger partial charge in [0.2, 0.25) is 0 Å². The van der Waals surface area contributed by atoms with Gasteiger partial charge in [0.1, 0.15) is 5.75 Å². The Kier molecular flexibility index (Phi) is 6.37. The Morgan fingerprint density at radius 3 is 2.31 bits per heavy atom. The minimum absolute atomic E-state index is 0. The van der Waals surface area contributed by atoms with E-state index in [9.17, 15) is 0 Å². The summed E-state index contributed by atoms with van der Waals surface area (Å²) in [6.07, 6.45) is 1.04. The monoisotopic (exact) mass is 201 g/mol. The number of ether oxygens (including phenoxy) is 1. The minimum atomic E-state index is 0. The van der Waals surface area contributed by atoms with Gasteiger partial charge in [0, 0.05) is 6.54 Å². The average Bonchev–Trinajstić information content (AvgIpc) is 2.15. The highest BCUT2D eigenvalue weighted by Gasteiger charge is 1.92. The Hall–Kier alpha value is -0.730. The van der Waals surface area contributed by atoms with Gasteiger partial charge in [-0.1, -0.05) is 19.1 Å². The maximum atomic E-state index is 5.46. The fraction of sp³-hybridized carbons (Fsp3) is 0.400. The van der Waals surface area contributed by atoms with Crippen molar-refractivity contribution in [3.8, 4) is 5.75 Å². The first-order valence-electron chi connectivity index (χ1n) is 4.28. The molecule has 1 aromatic carbocycles. The van der Waals surface area contributed by atoms with E-state index in [0.29, 0.717) is 6.54 Å². The van der Waals surface area contributed by atoms with E-state index in [2.05, 4.69) is 6.92 Å². The summed E-state index contributed by atoms with van der Waals surface area (Å²) in [5.41, 5.74) is 6.60. The zero-order valence-corrected chi connectivity index (χ0v) is 8.64. The van der Waals surface area contributed by atoms with Crippen LogP contribution in [-0.4, -0.2) is 6.61 Å². The molecule has 0 unspecified atom stereocenters. The highest BCUT2D eigenvalue weighted by molar-refractivity contribution is 5.85. The van der Waals surface area contributed by atoms with Crippen LogP contribution in [0.1, 0.15) is 18.9 Å². The van der Waals surface area contributed by atoms with Crippen molar-refractivity contribution < 1.29 is 4.74 Å². The lowest BCUT2D eigenvalue weighted by atomic mass is 10.2. The number of hydrogen-bond acceptors (Lipinski definition) is 2. The van der Waals surface area contributed by atoms with Crippen LogP contribution in [0.2, 0.25) is 0 Å². The molecule has 0 saturated heterocycles. The van der Waals surface area contributed by atoms with Crippen LogP contribution in [0.25, 0.3) is 0 Å². The third-order valence-corrected chi connectivity index (χ3v) is 1.63. The van der Waals surface area contributed by atoms with E-state index in [1.165, 1.54) is 0 Å². The molecule has 1 aromatic rings. The molecule has 0 aliphatic heterocycles. The predicted octanol–water partition coefficient (Wildman–Crippen LogP) is 2.36. The molecular weight excluding hydrogens is 186 g/mol. The minimum Gasteiger partial charge on any atom is -0.494 e. The molecule has 3 heteroatoms. The smallest absolute Gasteiger partial charge is 0.119 e. The molecule has 1 rings (SSSR count). The van der Waals surface area contributed by atoms with Crippen molar-refractivity contribution in [2.45, 2.75) is 19.9 Å². The van der Waals surface area contributed by atoms with E-state index in [1.54, 1.807) is 0 Å². The van der Waals surface area contributed by atoms with Crippen LogP contribution in [-0.2, 0) is 6.54 Å². The van der Waals surface area contributed by atoms with Crippen LogP contribution in [0.5, 0.6) is 5.75 Å². The van der Waals surface area contributed by atoms with Crippen LogP contribution in [0.3, 0.4) is 0 Å². The molecular formula is C10H16ClNO. The van der Waals surface area contributed by atoms with E-state index in [0.717, 1.165) is 24.3 Å². The first-order valence-corrected chi connectivity index (χ1v) is 4.28. The Balaban J connectivity index is 0.00000144. The topological polar surface area (TPSA) is 35.2 Å². The van der Waals surface area contributed by atoms with Crippen LogP contribution in [0, 0.1) is 0 Å². The molecule has 0 radical (unpaired) electrons. The van der Waals surface area contributed by atoms with E-state index >= 15 is 0 Å². The van der Waals surface area contributed by atoms with Crippen LogP contribution < -0.4 is 10.5 Å². The Labute approximate surface area is 85.5 Å². The van der Waals surface area contributed by atoms with Gasteiger partial charge in [0.05, 0.1) is 6.61 Å². The van der Waals surface area contributed by atoms with Crippen LogP contribution in [0.15, 0.2) is 24.3 Å². The second-order valence-electron chi connectivity index (χ2n) is 2.70. The number of rotatable bonds is 4. The largest absolute Gasteiger partial charge is 0.494 e. The lowest BCUT2D eigenvalue weighted by Gasteiger charge is -2.04. The van der Waals surface area contributed by atoms with Gasteiger partial charge < -0.3 is 10.5 Å². The average molecular weight is 202 g/mol. The van der Waals surface area contributed by atoms with Crippen molar-refractivity contribution in [1.82, 2.24) is 0 Å². The molecule has 0 aliphatic rings. The normalized spacial score (nSPS) is 9.08. The Morgan fingerprint density at radius 2 is 1.85 bits per heavy atom. The van der Waals surface area contributed by atoms with Crippen LogP contribution in [0.4, 0.5) is 0 Å². The van der Waals surface area contributed by atoms with E-state index in [-0.39, 0.29) is 12.4 Å². The van der Waals surface area contributed by atoms with Gasteiger partial charge in [-0.15, -0.1) is 12.4 Å². The zero-order chi connectivity index (χ0) is 8.81. The Bertz CT molecular complexity index is 223. The first kappa shape index (κ1) is 12.3. The summed E-state index contributed by atoms with van der Waals surface area (Å²) in [7, 11) is 0. The molecule has 0 spiro atoms. The number of nitrogens with two attached hydrogens (primary N) is 1. The van der Waals surface area contributed by atoms with Gasteiger partial charge in [-0.2, -0.15) is 0 Å². The van der Waals surface area contributed by atoms with Gasteiger partial charge in [-0.25, -0.2) is 0 Å². The van der Waals surface area contributed by atoms with E-state index < -0.39 is 0 Å². The van der Waals surface area contributed by atoms with Crippen molar-refractivity contribution in [1.29, 1.82) is 0 Å².